The topological polar surface area (TPSA) is 36.0 Å². The zero-order chi connectivity index (χ0) is 13.2. The van der Waals surface area contributed by atoms with Gasteiger partial charge in [0.15, 0.2) is 0 Å². The molecule has 94 valence electrons. The third kappa shape index (κ3) is 2.13. The Morgan fingerprint density at radius 1 is 0.842 bits per heavy atom. The SMILES string of the molecule is Cc1c(-c2ccc(O)cc2)c[nH]c1-c1ccccc1. The van der Waals surface area contributed by atoms with E-state index in [1.54, 1.807) is 12.1 Å². The quantitative estimate of drug-likeness (QED) is 0.695. The van der Waals surface area contributed by atoms with Crippen molar-refractivity contribution in [3.8, 4) is 28.1 Å². The molecule has 2 nitrogen and oxygen atoms in total. The second kappa shape index (κ2) is 4.65. The molecule has 2 aromatic carbocycles. The molecule has 19 heavy (non-hydrogen) atoms. The number of benzene rings is 2. The van der Waals surface area contributed by atoms with Crippen LogP contribution < -0.4 is 0 Å². The predicted molar refractivity (Wildman–Crippen MR) is 78.1 cm³/mol. The van der Waals surface area contributed by atoms with Crippen LogP contribution in [0, 0.1) is 6.92 Å². The molecular weight excluding hydrogens is 234 g/mol. The Bertz CT molecular complexity index is 681. The van der Waals surface area contributed by atoms with Crippen LogP contribution in [-0.2, 0) is 0 Å². The number of hydrogen-bond donors (Lipinski definition) is 2. The maximum atomic E-state index is 9.35. The van der Waals surface area contributed by atoms with Gasteiger partial charge in [-0.1, -0.05) is 42.5 Å². The van der Waals surface area contributed by atoms with Gasteiger partial charge in [0, 0.05) is 17.5 Å². The zero-order valence-corrected chi connectivity index (χ0v) is 10.7. The van der Waals surface area contributed by atoms with Crippen LogP contribution in [0.5, 0.6) is 5.75 Å². The fourth-order valence-electron chi connectivity index (χ4n) is 2.34. The highest BCUT2D eigenvalue weighted by Crippen LogP contribution is 2.31. The summed E-state index contributed by atoms with van der Waals surface area (Å²) in [4.78, 5) is 3.34. The summed E-state index contributed by atoms with van der Waals surface area (Å²) in [6.07, 6.45) is 2.02. The normalized spacial score (nSPS) is 10.6. The van der Waals surface area contributed by atoms with Gasteiger partial charge in [0.05, 0.1) is 0 Å². The van der Waals surface area contributed by atoms with E-state index in [1.807, 2.05) is 36.5 Å². The van der Waals surface area contributed by atoms with Gasteiger partial charge in [-0.3, -0.25) is 0 Å². The summed E-state index contributed by atoms with van der Waals surface area (Å²) >= 11 is 0. The Hall–Kier alpha value is -2.48. The summed E-state index contributed by atoms with van der Waals surface area (Å²) in [7, 11) is 0. The summed E-state index contributed by atoms with van der Waals surface area (Å²) in [5, 5.41) is 9.35. The van der Waals surface area contributed by atoms with Crippen LogP contribution in [0.25, 0.3) is 22.4 Å². The minimum Gasteiger partial charge on any atom is -0.508 e. The van der Waals surface area contributed by atoms with E-state index < -0.39 is 0 Å². The van der Waals surface area contributed by atoms with Crippen molar-refractivity contribution in [2.75, 3.05) is 0 Å². The molecule has 2 heteroatoms. The Labute approximate surface area is 112 Å². The van der Waals surface area contributed by atoms with Crippen molar-refractivity contribution in [2.45, 2.75) is 6.92 Å². The van der Waals surface area contributed by atoms with Gasteiger partial charge in [-0.2, -0.15) is 0 Å². The van der Waals surface area contributed by atoms with Crippen molar-refractivity contribution >= 4 is 0 Å². The van der Waals surface area contributed by atoms with E-state index in [0.29, 0.717) is 5.75 Å². The minimum atomic E-state index is 0.292. The first-order valence-electron chi connectivity index (χ1n) is 6.28. The van der Waals surface area contributed by atoms with Crippen LogP contribution in [0.2, 0.25) is 0 Å². The van der Waals surface area contributed by atoms with E-state index in [2.05, 4.69) is 24.0 Å². The number of H-pyrrole nitrogens is 1. The molecule has 0 aliphatic carbocycles. The monoisotopic (exact) mass is 249 g/mol. The highest BCUT2D eigenvalue weighted by Gasteiger charge is 2.10. The predicted octanol–water partition coefficient (Wildman–Crippen LogP) is 4.36. The average Bonchev–Trinajstić information content (AvgIpc) is 2.83. The number of rotatable bonds is 2. The molecule has 0 unspecified atom stereocenters. The highest BCUT2D eigenvalue weighted by molar-refractivity contribution is 5.76. The van der Waals surface area contributed by atoms with E-state index in [-0.39, 0.29) is 0 Å². The van der Waals surface area contributed by atoms with Crippen molar-refractivity contribution in [2.24, 2.45) is 0 Å². The van der Waals surface area contributed by atoms with Gasteiger partial charge < -0.3 is 10.1 Å². The number of phenolic OH excluding ortho intramolecular Hbond substituents is 1. The summed E-state index contributed by atoms with van der Waals surface area (Å²) in [5.74, 6) is 0.292. The van der Waals surface area contributed by atoms with Gasteiger partial charge in [-0.05, 0) is 35.7 Å². The summed E-state index contributed by atoms with van der Waals surface area (Å²) < 4.78 is 0. The molecule has 0 atom stereocenters. The molecule has 0 radical (unpaired) electrons. The summed E-state index contributed by atoms with van der Waals surface area (Å²) in [6, 6.07) is 17.6. The van der Waals surface area contributed by atoms with Gasteiger partial charge in [0.25, 0.3) is 0 Å². The van der Waals surface area contributed by atoms with Gasteiger partial charge in [-0.25, -0.2) is 0 Å². The Morgan fingerprint density at radius 3 is 2.21 bits per heavy atom. The van der Waals surface area contributed by atoms with Crippen LogP contribution in [0.1, 0.15) is 5.56 Å². The van der Waals surface area contributed by atoms with Crippen LogP contribution in [0.3, 0.4) is 0 Å². The van der Waals surface area contributed by atoms with Crippen molar-refractivity contribution in [1.82, 2.24) is 4.98 Å². The van der Waals surface area contributed by atoms with Crippen LogP contribution in [0.15, 0.2) is 60.8 Å². The lowest BCUT2D eigenvalue weighted by Gasteiger charge is -2.03. The third-order valence-electron chi connectivity index (χ3n) is 3.38. The molecule has 0 spiro atoms. The first kappa shape index (κ1) is 11.6. The number of hydrogen-bond acceptors (Lipinski definition) is 1. The molecule has 0 fully saturated rings. The first-order valence-corrected chi connectivity index (χ1v) is 6.28. The molecule has 3 rings (SSSR count). The lowest BCUT2D eigenvalue weighted by Crippen LogP contribution is -1.81. The fourth-order valence-corrected chi connectivity index (χ4v) is 2.34. The van der Waals surface area contributed by atoms with E-state index in [9.17, 15) is 5.11 Å². The minimum absolute atomic E-state index is 0.292. The molecular formula is C17H15NO. The molecule has 0 aliphatic heterocycles. The number of aromatic nitrogens is 1. The maximum Gasteiger partial charge on any atom is 0.115 e. The summed E-state index contributed by atoms with van der Waals surface area (Å²) in [6.45, 7) is 2.11. The summed E-state index contributed by atoms with van der Waals surface area (Å²) in [5.41, 5.74) is 5.82. The molecule has 2 N–H and O–H groups in total. The highest BCUT2D eigenvalue weighted by atomic mass is 16.3. The Kier molecular flexibility index (Phi) is 2.84. The molecule has 0 saturated carbocycles. The molecule has 0 saturated heterocycles. The van der Waals surface area contributed by atoms with Crippen LogP contribution in [-0.4, -0.2) is 10.1 Å². The Balaban J connectivity index is 2.06. The largest absolute Gasteiger partial charge is 0.508 e. The second-order valence-corrected chi connectivity index (χ2v) is 4.62. The van der Waals surface area contributed by atoms with E-state index >= 15 is 0 Å². The molecule has 0 amide bonds. The van der Waals surface area contributed by atoms with E-state index in [1.165, 1.54) is 16.7 Å². The second-order valence-electron chi connectivity index (χ2n) is 4.62. The number of aromatic hydroxyl groups is 1. The smallest absolute Gasteiger partial charge is 0.115 e. The molecule has 1 aromatic heterocycles. The Morgan fingerprint density at radius 2 is 1.53 bits per heavy atom. The van der Waals surface area contributed by atoms with Crippen molar-refractivity contribution < 1.29 is 5.11 Å². The van der Waals surface area contributed by atoms with E-state index in [4.69, 9.17) is 0 Å². The van der Waals surface area contributed by atoms with Gasteiger partial charge in [0.2, 0.25) is 0 Å². The van der Waals surface area contributed by atoms with Crippen LogP contribution >= 0.6 is 0 Å². The lowest BCUT2D eigenvalue weighted by molar-refractivity contribution is 0.475. The standard InChI is InChI=1S/C17H15NO/c1-12-16(13-7-9-15(19)10-8-13)11-18-17(12)14-5-3-2-4-6-14/h2-11,18-19H,1H3. The van der Waals surface area contributed by atoms with Gasteiger partial charge in [0.1, 0.15) is 5.75 Å². The van der Waals surface area contributed by atoms with Crippen molar-refractivity contribution in [3.63, 3.8) is 0 Å². The number of nitrogens with one attached hydrogen (secondary N) is 1. The zero-order valence-electron chi connectivity index (χ0n) is 10.7. The molecule has 3 aromatic rings. The van der Waals surface area contributed by atoms with Crippen molar-refractivity contribution in [1.29, 1.82) is 0 Å². The number of phenols is 1. The maximum absolute atomic E-state index is 9.35. The third-order valence-corrected chi connectivity index (χ3v) is 3.38. The van der Waals surface area contributed by atoms with Gasteiger partial charge >= 0.3 is 0 Å². The molecule has 0 bridgehead atoms. The van der Waals surface area contributed by atoms with E-state index in [0.717, 1.165) is 11.3 Å². The first-order chi connectivity index (χ1) is 9.25. The fraction of sp³-hybridized carbons (Fsp3) is 0.0588. The van der Waals surface area contributed by atoms with Crippen molar-refractivity contribution in [3.05, 3.63) is 66.4 Å². The molecule has 1 heterocycles. The van der Waals surface area contributed by atoms with Gasteiger partial charge in [-0.15, -0.1) is 0 Å². The number of aromatic amines is 1. The van der Waals surface area contributed by atoms with Crippen LogP contribution in [0.4, 0.5) is 0 Å². The lowest BCUT2D eigenvalue weighted by atomic mass is 10.0. The molecule has 0 aliphatic rings. The average molecular weight is 249 g/mol.